The Labute approximate surface area is 131 Å². The number of hydrogen-bond donors (Lipinski definition) is 2. The van der Waals surface area contributed by atoms with Crippen LogP contribution in [-0.4, -0.2) is 29.7 Å². The van der Waals surface area contributed by atoms with Crippen LogP contribution in [0.15, 0.2) is 60.7 Å². The van der Waals surface area contributed by atoms with Crippen molar-refractivity contribution < 1.29 is 16.1 Å². The molecule has 0 saturated heterocycles. The standard InChI is InChI=1S/C16H19NO.ClH.2H2O/c1-17-13-12-16(18,14-8-4-2-5-9-14)15-10-6-3-7-11-15;;;/h2-11,17-18H,12-13H2,1H3;1H;2*1H2. The summed E-state index contributed by atoms with van der Waals surface area (Å²) in [5, 5.41) is 14.1. The van der Waals surface area contributed by atoms with Crippen molar-refractivity contribution in [3.63, 3.8) is 0 Å². The molecule has 0 radical (unpaired) electrons. The summed E-state index contributed by atoms with van der Waals surface area (Å²) in [7, 11) is 1.90. The lowest BCUT2D eigenvalue weighted by molar-refractivity contribution is 0.0717. The summed E-state index contributed by atoms with van der Waals surface area (Å²) in [5.74, 6) is 0. The Morgan fingerprint density at radius 3 is 1.57 bits per heavy atom. The van der Waals surface area contributed by atoms with Crippen molar-refractivity contribution in [3.05, 3.63) is 71.8 Å². The highest BCUT2D eigenvalue weighted by Gasteiger charge is 2.30. The fourth-order valence-corrected chi connectivity index (χ4v) is 2.19. The number of nitrogens with one attached hydrogen (secondary N) is 1. The van der Waals surface area contributed by atoms with Crippen molar-refractivity contribution in [2.75, 3.05) is 13.6 Å². The van der Waals surface area contributed by atoms with Crippen molar-refractivity contribution in [2.45, 2.75) is 12.0 Å². The Morgan fingerprint density at radius 2 is 1.24 bits per heavy atom. The first-order valence-electron chi connectivity index (χ1n) is 6.25. The molecule has 0 aliphatic heterocycles. The molecule has 0 saturated carbocycles. The van der Waals surface area contributed by atoms with Crippen LogP contribution in [0.1, 0.15) is 17.5 Å². The minimum atomic E-state index is -0.925. The van der Waals surface area contributed by atoms with E-state index in [1.54, 1.807) is 0 Å². The van der Waals surface area contributed by atoms with Gasteiger partial charge < -0.3 is 21.4 Å². The molecule has 2 rings (SSSR count). The van der Waals surface area contributed by atoms with Crippen LogP contribution in [-0.2, 0) is 5.60 Å². The van der Waals surface area contributed by atoms with Crippen molar-refractivity contribution >= 4 is 12.4 Å². The summed E-state index contributed by atoms with van der Waals surface area (Å²) in [5.41, 5.74) is 0.948. The summed E-state index contributed by atoms with van der Waals surface area (Å²) >= 11 is 0. The fraction of sp³-hybridized carbons (Fsp3) is 0.250. The molecular formula is C16H24ClNO3. The molecule has 0 aromatic heterocycles. The minimum absolute atomic E-state index is 0. The normalized spacial score (nSPS) is 9.81. The molecule has 0 unspecified atom stereocenters. The van der Waals surface area contributed by atoms with Gasteiger partial charge in [0.05, 0.1) is 0 Å². The molecule has 0 atom stereocenters. The molecule has 0 spiro atoms. The summed E-state index contributed by atoms with van der Waals surface area (Å²) < 4.78 is 0. The summed E-state index contributed by atoms with van der Waals surface area (Å²) in [6, 6.07) is 19.7. The topological polar surface area (TPSA) is 95.3 Å². The van der Waals surface area contributed by atoms with E-state index < -0.39 is 5.60 Å². The Hall–Kier alpha value is -1.43. The molecule has 6 N–H and O–H groups in total. The van der Waals surface area contributed by atoms with Crippen LogP contribution in [0.2, 0.25) is 0 Å². The van der Waals surface area contributed by atoms with E-state index in [0.29, 0.717) is 6.42 Å². The van der Waals surface area contributed by atoms with Gasteiger partial charge >= 0.3 is 0 Å². The predicted octanol–water partition coefficient (Wildman–Crippen LogP) is 1.30. The smallest absolute Gasteiger partial charge is 0.116 e. The van der Waals surface area contributed by atoms with Gasteiger partial charge in [0.2, 0.25) is 0 Å². The predicted molar refractivity (Wildman–Crippen MR) is 88.9 cm³/mol. The molecule has 2 aromatic carbocycles. The number of aliphatic hydroxyl groups is 1. The van der Waals surface area contributed by atoms with Crippen molar-refractivity contribution in [1.82, 2.24) is 5.32 Å². The average Bonchev–Trinajstić information content (AvgIpc) is 2.46. The van der Waals surface area contributed by atoms with E-state index in [9.17, 15) is 5.11 Å². The van der Waals surface area contributed by atoms with Crippen LogP contribution < -0.4 is 5.32 Å². The van der Waals surface area contributed by atoms with Gasteiger partial charge in [-0.15, -0.1) is 12.4 Å². The first-order chi connectivity index (χ1) is 8.77. The Morgan fingerprint density at radius 1 is 0.857 bits per heavy atom. The molecule has 0 amide bonds. The van der Waals surface area contributed by atoms with Crippen LogP contribution in [0.4, 0.5) is 0 Å². The highest BCUT2D eigenvalue weighted by Crippen LogP contribution is 2.32. The molecule has 0 aliphatic rings. The Balaban J connectivity index is 0. The van der Waals surface area contributed by atoms with Crippen LogP contribution in [0.3, 0.4) is 0 Å². The van der Waals surface area contributed by atoms with Crippen LogP contribution in [0.5, 0.6) is 0 Å². The number of hydrogen-bond acceptors (Lipinski definition) is 2. The molecule has 0 aliphatic carbocycles. The molecule has 0 bridgehead atoms. The van der Waals surface area contributed by atoms with Gasteiger partial charge in [-0.05, 0) is 31.1 Å². The van der Waals surface area contributed by atoms with Crippen LogP contribution in [0, 0.1) is 0 Å². The van der Waals surface area contributed by atoms with E-state index in [1.165, 1.54) is 0 Å². The van der Waals surface area contributed by atoms with Gasteiger partial charge in [0.15, 0.2) is 0 Å². The summed E-state index contributed by atoms with van der Waals surface area (Å²) in [4.78, 5) is 0. The minimum Gasteiger partial charge on any atom is -0.412 e. The quantitative estimate of drug-likeness (QED) is 0.870. The second-order valence-corrected chi connectivity index (χ2v) is 4.45. The van der Waals surface area contributed by atoms with Gasteiger partial charge in [0.25, 0.3) is 0 Å². The maximum atomic E-state index is 11.0. The van der Waals surface area contributed by atoms with Crippen molar-refractivity contribution in [3.8, 4) is 0 Å². The number of halogens is 1. The van der Waals surface area contributed by atoms with Crippen molar-refractivity contribution in [2.24, 2.45) is 0 Å². The van der Waals surface area contributed by atoms with E-state index in [0.717, 1.165) is 17.7 Å². The molecule has 0 fully saturated rings. The summed E-state index contributed by atoms with van der Waals surface area (Å²) in [6.07, 6.45) is 0.650. The molecule has 0 heterocycles. The van der Waals surface area contributed by atoms with Gasteiger partial charge in [0, 0.05) is 0 Å². The van der Waals surface area contributed by atoms with Crippen molar-refractivity contribution in [1.29, 1.82) is 0 Å². The van der Waals surface area contributed by atoms with Gasteiger partial charge in [-0.2, -0.15) is 0 Å². The zero-order chi connectivity index (χ0) is 12.8. The lowest BCUT2D eigenvalue weighted by Gasteiger charge is -2.29. The van der Waals surface area contributed by atoms with Gasteiger partial charge in [0.1, 0.15) is 5.60 Å². The van der Waals surface area contributed by atoms with E-state index in [2.05, 4.69) is 5.32 Å². The second-order valence-electron chi connectivity index (χ2n) is 4.45. The first kappa shape index (κ1) is 21.9. The lowest BCUT2D eigenvalue weighted by Crippen LogP contribution is -2.31. The molecule has 21 heavy (non-hydrogen) atoms. The van der Waals surface area contributed by atoms with E-state index in [-0.39, 0.29) is 23.4 Å². The largest absolute Gasteiger partial charge is 0.412 e. The average molecular weight is 314 g/mol. The number of rotatable bonds is 5. The highest BCUT2D eigenvalue weighted by molar-refractivity contribution is 5.85. The van der Waals surface area contributed by atoms with Gasteiger partial charge in [-0.25, -0.2) is 0 Å². The molecule has 118 valence electrons. The lowest BCUT2D eigenvalue weighted by atomic mass is 9.83. The maximum absolute atomic E-state index is 11.0. The first-order valence-corrected chi connectivity index (χ1v) is 6.25. The van der Waals surface area contributed by atoms with Crippen LogP contribution >= 0.6 is 12.4 Å². The van der Waals surface area contributed by atoms with E-state index in [4.69, 9.17) is 0 Å². The van der Waals surface area contributed by atoms with Gasteiger partial charge in [-0.3, -0.25) is 0 Å². The maximum Gasteiger partial charge on any atom is 0.116 e. The van der Waals surface area contributed by atoms with E-state index >= 15 is 0 Å². The third kappa shape index (κ3) is 5.12. The molecule has 4 nitrogen and oxygen atoms in total. The van der Waals surface area contributed by atoms with Crippen LogP contribution in [0.25, 0.3) is 0 Å². The second kappa shape index (κ2) is 10.3. The molecule has 2 aromatic rings. The zero-order valence-electron chi connectivity index (χ0n) is 12.0. The van der Waals surface area contributed by atoms with Gasteiger partial charge in [-0.1, -0.05) is 60.7 Å². The summed E-state index contributed by atoms with van der Waals surface area (Å²) in [6.45, 7) is 0.764. The Bertz CT molecular complexity index is 440. The monoisotopic (exact) mass is 313 g/mol. The van der Waals surface area contributed by atoms with E-state index in [1.807, 2.05) is 67.7 Å². The fourth-order valence-electron chi connectivity index (χ4n) is 2.19. The Kier molecular flexibility index (Phi) is 10.7. The zero-order valence-corrected chi connectivity index (χ0v) is 12.9. The third-order valence-electron chi connectivity index (χ3n) is 3.24. The molecular weight excluding hydrogens is 290 g/mol. The molecule has 5 heteroatoms. The number of benzene rings is 2. The SMILES string of the molecule is CNCCC(O)(c1ccccc1)c1ccccc1.Cl.O.O. The third-order valence-corrected chi connectivity index (χ3v) is 3.24. The highest BCUT2D eigenvalue weighted by atomic mass is 35.5.